The summed E-state index contributed by atoms with van der Waals surface area (Å²) >= 11 is 0. The molecule has 0 heterocycles. The van der Waals surface area contributed by atoms with Crippen molar-refractivity contribution >= 4 is 15.9 Å². The summed E-state index contributed by atoms with van der Waals surface area (Å²) in [5, 5.41) is 0. The molecule has 0 aliphatic heterocycles. The molecular weight excluding hydrogens is 180 g/mol. The molecule has 0 rings (SSSR count). The highest BCUT2D eigenvalue weighted by molar-refractivity contribution is 7.86. The van der Waals surface area contributed by atoms with E-state index in [1.807, 2.05) is 0 Å². The predicted octanol–water partition coefficient (Wildman–Crippen LogP) is 0.576. The molecule has 0 bridgehead atoms. The Morgan fingerprint density at radius 1 is 1.33 bits per heavy atom. The predicted molar refractivity (Wildman–Crippen MR) is 45.2 cm³/mol. The Hall–Kier alpha value is -0.420. The third-order valence-corrected chi connectivity index (χ3v) is 1.84. The Kier molecular flexibility index (Phi) is 3.86. The molecule has 0 aromatic rings. The summed E-state index contributed by atoms with van der Waals surface area (Å²) in [5.41, 5.74) is 0. The topological polar surface area (TPSA) is 60.4 Å². The van der Waals surface area contributed by atoms with Gasteiger partial charge in [0.2, 0.25) is 0 Å². The van der Waals surface area contributed by atoms with Crippen LogP contribution >= 0.6 is 0 Å². The largest absolute Gasteiger partial charge is 0.297 e. The van der Waals surface area contributed by atoms with Gasteiger partial charge in [-0.3, -0.25) is 8.98 Å². The number of Topliss-reactive ketones (excluding diaryl/α,β-unsaturated/α-hetero) is 1. The minimum Gasteiger partial charge on any atom is -0.297 e. The maximum absolute atomic E-state index is 10.9. The summed E-state index contributed by atoms with van der Waals surface area (Å²) in [6, 6.07) is 0. The molecule has 1 unspecified atom stereocenters. The van der Waals surface area contributed by atoms with E-state index in [0.29, 0.717) is 0 Å². The zero-order chi connectivity index (χ0) is 9.94. The average molecular weight is 194 g/mol. The summed E-state index contributed by atoms with van der Waals surface area (Å²) < 4.78 is 25.9. The number of ketones is 1. The second-order valence-electron chi connectivity index (χ2n) is 3.08. The summed E-state index contributed by atoms with van der Waals surface area (Å²) in [6.45, 7) is 4.78. The summed E-state index contributed by atoms with van der Waals surface area (Å²) in [5.74, 6) is -0.396. The van der Waals surface area contributed by atoms with Crippen molar-refractivity contribution < 1.29 is 17.4 Å². The molecule has 0 N–H and O–H groups in total. The molecule has 0 aromatic carbocycles. The van der Waals surface area contributed by atoms with E-state index in [0.717, 1.165) is 6.26 Å². The van der Waals surface area contributed by atoms with Gasteiger partial charge in [0.05, 0.1) is 6.26 Å². The molecule has 0 amide bonds. The van der Waals surface area contributed by atoms with Gasteiger partial charge in [-0.15, -0.1) is 0 Å². The molecule has 0 saturated carbocycles. The fourth-order valence-corrected chi connectivity index (χ4v) is 1.57. The maximum atomic E-state index is 10.9. The standard InChI is InChI=1S/C7H14O4S/c1-5(2)7(6(3)8)11-12(4,9)10/h5,7H,1-4H3. The first kappa shape index (κ1) is 11.6. The number of carbonyl (C=O) groups is 1. The van der Waals surface area contributed by atoms with Crippen molar-refractivity contribution in [3.63, 3.8) is 0 Å². The van der Waals surface area contributed by atoms with Gasteiger partial charge in [0.15, 0.2) is 5.78 Å². The van der Waals surface area contributed by atoms with Crippen LogP contribution in [0.25, 0.3) is 0 Å². The Morgan fingerprint density at radius 2 is 1.75 bits per heavy atom. The summed E-state index contributed by atoms with van der Waals surface area (Å²) in [4.78, 5) is 10.9. The SMILES string of the molecule is CC(=O)C(OS(C)(=O)=O)C(C)C. The van der Waals surface area contributed by atoms with Crippen LogP contribution in [0.15, 0.2) is 0 Å². The van der Waals surface area contributed by atoms with Crippen LogP contribution in [0.2, 0.25) is 0 Å². The van der Waals surface area contributed by atoms with E-state index in [-0.39, 0.29) is 11.7 Å². The lowest BCUT2D eigenvalue weighted by atomic mass is 10.1. The van der Waals surface area contributed by atoms with Gasteiger partial charge in [0.1, 0.15) is 6.10 Å². The van der Waals surface area contributed by atoms with E-state index in [1.54, 1.807) is 13.8 Å². The van der Waals surface area contributed by atoms with E-state index in [4.69, 9.17) is 0 Å². The third-order valence-electron chi connectivity index (χ3n) is 1.28. The van der Waals surface area contributed by atoms with Crippen LogP contribution in [-0.4, -0.2) is 26.6 Å². The molecule has 1 atom stereocenters. The highest BCUT2D eigenvalue weighted by Gasteiger charge is 2.23. The lowest BCUT2D eigenvalue weighted by molar-refractivity contribution is -0.125. The Balaban J connectivity index is 4.46. The lowest BCUT2D eigenvalue weighted by Crippen LogP contribution is -2.29. The van der Waals surface area contributed by atoms with Crippen molar-refractivity contribution in [3.05, 3.63) is 0 Å². The first-order chi connectivity index (χ1) is 5.24. The summed E-state index contributed by atoms with van der Waals surface area (Å²) in [6.07, 6.45) is 0.0886. The molecule has 0 radical (unpaired) electrons. The first-order valence-electron chi connectivity index (χ1n) is 3.62. The van der Waals surface area contributed by atoms with Gasteiger partial charge in [-0.05, 0) is 12.8 Å². The van der Waals surface area contributed by atoms with Gasteiger partial charge in [-0.25, -0.2) is 0 Å². The van der Waals surface area contributed by atoms with E-state index >= 15 is 0 Å². The Bertz CT molecular complexity index is 253. The molecule has 0 aromatic heterocycles. The number of hydrogen-bond acceptors (Lipinski definition) is 4. The molecule has 72 valence electrons. The fraction of sp³-hybridized carbons (Fsp3) is 0.857. The number of rotatable bonds is 4. The molecule has 4 nitrogen and oxygen atoms in total. The van der Waals surface area contributed by atoms with Crippen LogP contribution in [-0.2, 0) is 19.1 Å². The fourth-order valence-electron chi connectivity index (χ4n) is 0.837. The van der Waals surface area contributed by atoms with Crippen LogP contribution < -0.4 is 0 Å². The van der Waals surface area contributed by atoms with Crippen LogP contribution in [0.1, 0.15) is 20.8 Å². The first-order valence-corrected chi connectivity index (χ1v) is 5.44. The van der Waals surface area contributed by atoms with Crippen molar-refractivity contribution in [3.8, 4) is 0 Å². The zero-order valence-corrected chi connectivity index (χ0v) is 8.51. The highest BCUT2D eigenvalue weighted by atomic mass is 32.2. The summed E-state index contributed by atoms with van der Waals surface area (Å²) in [7, 11) is -3.53. The smallest absolute Gasteiger partial charge is 0.265 e. The zero-order valence-electron chi connectivity index (χ0n) is 7.70. The van der Waals surface area contributed by atoms with Gasteiger partial charge in [-0.1, -0.05) is 13.8 Å². The second-order valence-corrected chi connectivity index (χ2v) is 4.68. The lowest BCUT2D eigenvalue weighted by Gasteiger charge is -2.16. The minimum absolute atomic E-state index is 0.128. The van der Waals surface area contributed by atoms with Crippen molar-refractivity contribution in [1.82, 2.24) is 0 Å². The van der Waals surface area contributed by atoms with Gasteiger partial charge in [0.25, 0.3) is 10.1 Å². The molecule has 0 aliphatic rings. The average Bonchev–Trinajstić information content (AvgIpc) is 1.79. The number of carbonyl (C=O) groups excluding carboxylic acids is 1. The van der Waals surface area contributed by atoms with Crippen molar-refractivity contribution in [1.29, 1.82) is 0 Å². The molecular formula is C7H14O4S. The van der Waals surface area contributed by atoms with Crippen molar-refractivity contribution in [2.75, 3.05) is 6.26 Å². The van der Waals surface area contributed by atoms with Gasteiger partial charge in [-0.2, -0.15) is 8.42 Å². The van der Waals surface area contributed by atoms with Crippen LogP contribution in [0.4, 0.5) is 0 Å². The van der Waals surface area contributed by atoms with Gasteiger partial charge < -0.3 is 0 Å². The van der Waals surface area contributed by atoms with E-state index in [2.05, 4.69) is 4.18 Å². The Labute approximate surface area is 73.0 Å². The van der Waals surface area contributed by atoms with Gasteiger partial charge in [0, 0.05) is 0 Å². The van der Waals surface area contributed by atoms with E-state index in [9.17, 15) is 13.2 Å². The Morgan fingerprint density at radius 3 is 1.83 bits per heavy atom. The molecule has 5 heteroatoms. The molecule has 0 aliphatic carbocycles. The van der Waals surface area contributed by atoms with Crippen LogP contribution in [0.3, 0.4) is 0 Å². The maximum Gasteiger partial charge on any atom is 0.265 e. The van der Waals surface area contributed by atoms with Gasteiger partial charge >= 0.3 is 0 Å². The number of hydrogen-bond donors (Lipinski definition) is 0. The monoisotopic (exact) mass is 194 g/mol. The highest BCUT2D eigenvalue weighted by Crippen LogP contribution is 2.10. The minimum atomic E-state index is -3.53. The molecule has 12 heavy (non-hydrogen) atoms. The van der Waals surface area contributed by atoms with E-state index < -0.39 is 16.2 Å². The van der Waals surface area contributed by atoms with Crippen LogP contribution in [0, 0.1) is 5.92 Å². The van der Waals surface area contributed by atoms with Crippen molar-refractivity contribution in [2.45, 2.75) is 26.9 Å². The molecule has 0 fully saturated rings. The molecule has 0 spiro atoms. The van der Waals surface area contributed by atoms with Crippen molar-refractivity contribution in [2.24, 2.45) is 5.92 Å². The molecule has 0 saturated heterocycles. The van der Waals surface area contributed by atoms with E-state index in [1.165, 1.54) is 6.92 Å². The van der Waals surface area contributed by atoms with Crippen LogP contribution in [0.5, 0.6) is 0 Å². The second kappa shape index (κ2) is 4.00. The normalized spacial score (nSPS) is 14.8. The third kappa shape index (κ3) is 4.46. The quantitative estimate of drug-likeness (QED) is 0.614.